The van der Waals surface area contributed by atoms with Crippen molar-refractivity contribution in [3.8, 4) is 0 Å². The summed E-state index contributed by atoms with van der Waals surface area (Å²) in [6, 6.07) is 0. The molecule has 0 fully saturated rings. The third-order valence-corrected chi connectivity index (χ3v) is 8.75. The van der Waals surface area contributed by atoms with Crippen molar-refractivity contribution in [2.45, 2.75) is 147 Å². The first-order valence-electron chi connectivity index (χ1n) is 14.5. The molecule has 0 aromatic carbocycles. The number of ether oxygens (including phenoxy) is 2. The molecule has 8 heteroatoms. The predicted molar refractivity (Wildman–Crippen MR) is 153 cm³/mol. The number of carbonyl (C=O) groups is 1. The molecule has 0 saturated carbocycles. The molecule has 0 heterocycles. The lowest BCUT2D eigenvalue weighted by Crippen LogP contribution is -2.37. The molecule has 0 amide bonds. The van der Waals surface area contributed by atoms with Crippen LogP contribution in [0.4, 0.5) is 0 Å². The molecule has 0 radical (unpaired) electrons. The van der Waals surface area contributed by atoms with E-state index in [4.69, 9.17) is 14.6 Å². The van der Waals surface area contributed by atoms with E-state index in [0.29, 0.717) is 18.3 Å². The van der Waals surface area contributed by atoms with Gasteiger partial charge in [-0.15, -0.1) is 0 Å². The average Bonchev–Trinajstić information content (AvgIpc) is 2.87. The second kappa shape index (κ2) is 25.1. The Morgan fingerprint density at radius 2 is 1.36 bits per heavy atom. The van der Waals surface area contributed by atoms with Gasteiger partial charge in [0.05, 0.1) is 12.7 Å². The van der Waals surface area contributed by atoms with Crippen LogP contribution < -0.4 is 0 Å². The van der Waals surface area contributed by atoms with Gasteiger partial charge >= 0.3 is 5.97 Å². The minimum atomic E-state index is -2.37. The molecule has 0 aliphatic carbocycles. The van der Waals surface area contributed by atoms with Gasteiger partial charge in [0.1, 0.15) is 0 Å². The van der Waals surface area contributed by atoms with E-state index in [2.05, 4.69) is 32.5 Å². The van der Waals surface area contributed by atoms with Crippen LogP contribution in [-0.2, 0) is 18.8 Å². The number of aliphatic carboxylic acids is 1. The van der Waals surface area contributed by atoms with Crippen LogP contribution in [0.1, 0.15) is 130 Å². The van der Waals surface area contributed by atoms with Gasteiger partial charge in [-0.2, -0.15) is 11.8 Å². The van der Waals surface area contributed by atoms with Crippen molar-refractivity contribution in [3.63, 3.8) is 0 Å². The number of hydrogen-bond acceptors (Lipinski definition) is 6. The lowest BCUT2D eigenvalue weighted by atomic mass is 10.1. The van der Waals surface area contributed by atoms with E-state index in [1.165, 1.54) is 108 Å². The maximum absolute atomic E-state index is 10.9. The maximum atomic E-state index is 10.9. The zero-order chi connectivity index (χ0) is 26.9. The van der Waals surface area contributed by atoms with Gasteiger partial charge in [0.25, 0.3) is 5.34 Å². The first-order valence-corrected chi connectivity index (χ1v) is 16.4. The molecule has 3 atom stereocenters. The molecule has 214 valence electrons. The van der Waals surface area contributed by atoms with Crippen LogP contribution in [0.2, 0.25) is 0 Å². The Bertz CT molecular complexity index is 524. The Morgan fingerprint density at radius 3 is 1.89 bits per heavy atom. The fourth-order valence-corrected chi connectivity index (χ4v) is 5.68. The van der Waals surface area contributed by atoms with Gasteiger partial charge in [0.2, 0.25) is 8.46 Å². The van der Waals surface area contributed by atoms with Gasteiger partial charge in [0, 0.05) is 18.5 Å². The molecule has 3 unspecified atom stereocenters. The zero-order valence-electron chi connectivity index (χ0n) is 23.4. The van der Waals surface area contributed by atoms with Crippen molar-refractivity contribution < 1.29 is 29.0 Å². The summed E-state index contributed by atoms with van der Waals surface area (Å²) in [6.07, 6.45) is 21.9. The fraction of sp³-hybridized carbons (Fsp3) is 0.964. The molecule has 0 bridgehead atoms. The highest BCUT2D eigenvalue weighted by molar-refractivity contribution is 7.99. The Kier molecular flexibility index (Phi) is 25.0. The molecular formula is C28H55O6PS. The largest absolute Gasteiger partial charge is 0.478 e. The predicted octanol–water partition coefficient (Wildman–Crippen LogP) is 8.25. The number of carboxylic acids is 1. The molecule has 0 aliphatic heterocycles. The van der Waals surface area contributed by atoms with Gasteiger partial charge < -0.3 is 19.7 Å². The SMILES string of the molecule is CCCCCCCCCCCSC(CCCCCCCC)C(C)OCCCOCC(O)(P=O)C(=O)O. The summed E-state index contributed by atoms with van der Waals surface area (Å²) < 4.78 is 22.2. The van der Waals surface area contributed by atoms with Crippen molar-refractivity contribution in [2.75, 3.05) is 25.6 Å². The Balaban J connectivity index is 4.20. The summed E-state index contributed by atoms with van der Waals surface area (Å²) in [6.45, 7) is 6.95. The minimum Gasteiger partial charge on any atom is -0.478 e. The van der Waals surface area contributed by atoms with Gasteiger partial charge in [-0.3, -0.25) is 4.57 Å². The van der Waals surface area contributed by atoms with E-state index in [0.717, 1.165) is 0 Å². The van der Waals surface area contributed by atoms with E-state index >= 15 is 0 Å². The van der Waals surface area contributed by atoms with Crippen molar-refractivity contribution >= 4 is 26.2 Å². The summed E-state index contributed by atoms with van der Waals surface area (Å²) in [7, 11) is -0.869. The van der Waals surface area contributed by atoms with Crippen LogP contribution in [-0.4, -0.2) is 58.5 Å². The van der Waals surface area contributed by atoms with E-state index < -0.39 is 26.4 Å². The topological polar surface area (TPSA) is 93.1 Å². The van der Waals surface area contributed by atoms with Gasteiger partial charge in [0.15, 0.2) is 0 Å². The average molecular weight is 551 g/mol. The summed E-state index contributed by atoms with van der Waals surface area (Å²) in [4.78, 5) is 10.9. The van der Waals surface area contributed by atoms with Crippen molar-refractivity contribution in [1.82, 2.24) is 0 Å². The first kappa shape index (κ1) is 35.8. The molecule has 0 spiro atoms. The van der Waals surface area contributed by atoms with Gasteiger partial charge in [-0.05, 0) is 31.9 Å². The molecule has 2 N–H and O–H groups in total. The number of hydrogen-bond donors (Lipinski definition) is 2. The Hall–Kier alpha value is -0.200. The van der Waals surface area contributed by atoms with E-state index in [1.807, 2.05) is 0 Å². The first-order chi connectivity index (χ1) is 17.4. The monoisotopic (exact) mass is 550 g/mol. The minimum absolute atomic E-state index is 0.153. The number of thioether (sulfide) groups is 1. The van der Waals surface area contributed by atoms with Gasteiger partial charge in [-0.1, -0.05) is 104 Å². The quantitative estimate of drug-likeness (QED) is 0.0748. The highest BCUT2D eigenvalue weighted by Crippen LogP contribution is 2.26. The maximum Gasteiger partial charge on any atom is 0.350 e. The summed E-state index contributed by atoms with van der Waals surface area (Å²) in [5.41, 5.74) is 0. The molecule has 6 nitrogen and oxygen atoms in total. The molecule has 0 saturated heterocycles. The summed E-state index contributed by atoms with van der Waals surface area (Å²) in [5.74, 6) is -0.361. The van der Waals surface area contributed by atoms with E-state index in [1.54, 1.807) is 0 Å². The normalized spacial score (nSPS) is 15.1. The molecular weight excluding hydrogens is 495 g/mol. The van der Waals surface area contributed by atoms with E-state index in [-0.39, 0.29) is 12.7 Å². The molecule has 0 aliphatic rings. The van der Waals surface area contributed by atoms with Crippen molar-refractivity contribution in [2.24, 2.45) is 0 Å². The fourth-order valence-electron chi connectivity index (χ4n) is 4.11. The van der Waals surface area contributed by atoms with Crippen molar-refractivity contribution in [1.29, 1.82) is 0 Å². The van der Waals surface area contributed by atoms with Crippen molar-refractivity contribution in [3.05, 3.63) is 0 Å². The van der Waals surface area contributed by atoms with Crippen LogP contribution >= 0.6 is 20.2 Å². The number of aliphatic hydroxyl groups is 1. The third-order valence-electron chi connectivity index (χ3n) is 6.56. The zero-order valence-corrected chi connectivity index (χ0v) is 25.1. The second-order valence-electron chi connectivity index (χ2n) is 9.99. The molecule has 36 heavy (non-hydrogen) atoms. The smallest absolute Gasteiger partial charge is 0.350 e. The highest BCUT2D eigenvalue weighted by Gasteiger charge is 2.37. The summed E-state index contributed by atoms with van der Waals surface area (Å²) >= 11 is 2.06. The molecule has 0 aromatic heterocycles. The standard InChI is InChI=1S/C28H55O6PS/c1-4-6-8-10-12-13-14-16-18-23-36-26(20-17-15-11-9-7-5-2)25(3)34-22-19-21-33-24-28(31,35-32)27(29)30/h25-26,31H,4-24H2,1-3H3,(H,29,30). The Morgan fingerprint density at radius 1 is 0.833 bits per heavy atom. The van der Waals surface area contributed by atoms with Gasteiger partial charge in [-0.25, -0.2) is 4.79 Å². The summed E-state index contributed by atoms with van der Waals surface area (Å²) in [5, 5.41) is 16.7. The highest BCUT2D eigenvalue weighted by atomic mass is 32.2. The number of unbranched alkanes of at least 4 members (excludes halogenated alkanes) is 13. The lowest BCUT2D eigenvalue weighted by molar-refractivity contribution is -0.154. The lowest BCUT2D eigenvalue weighted by Gasteiger charge is -2.24. The molecule has 0 rings (SSSR count). The second-order valence-corrected chi connectivity index (χ2v) is 12.3. The van der Waals surface area contributed by atoms with E-state index in [9.17, 15) is 14.5 Å². The number of carboxylic acid groups (broad SMARTS) is 1. The number of rotatable bonds is 28. The van der Waals surface area contributed by atoms with Crippen LogP contribution in [0.25, 0.3) is 0 Å². The van der Waals surface area contributed by atoms with Crippen LogP contribution in [0.3, 0.4) is 0 Å². The third kappa shape index (κ3) is 19.9. The van der Waals surface area contributed by atoms with Crippen LogP contribution in [0.5, 0.6) is 0 Å². The van der Waals surface area contributed by atoms with Crippen LogP contribution in [0, 0.1) is 0 Å². The Labute approximate surface area is 227 Å². The molecule has 0 aromatic rings. The van der Waals surface area contributed by atoms with Crippen LogP contribution in [0.15, 0.2) is 0 Å².